The van der Waals surface area contributed by atoms with Crippen LogP contribution in [0.4, 0.5) is 17.1 Å². The van der Waals surface area contributed by atoms with Gasteiger partial charge in [0.25, 0.3) is 0 Å². The number of anilines is 3. The van der Waals surface area contributed by atoms with Gasteiger partial charge in [-0.3, -0.25) is 0 Å². The van der Waals surface area contributed by atoms with E-state index in [-0.39, 0.29) is 0 Å². The van der Waals surface area contributed by atoms with Gasteiger partial charge in [0.15, 0.2) is 0 Å². The van der Waals surface area contributed by atoms with Crippen molar-refractivity contribution in [3.8, 4) is 0 Å². The van der Waals surface area contributed by atoms with Gasteiger partial charge in [0, 0.05) is 34.0 Å². The van der Waals surface area contributed by atoms with Gasteiger partial charge in [-0.25, -0.2) is 0 Å². The zero-order valence-electron chi connectivity index (χ0n) is 24.1. The number of hydrogen-bond acceptors (Lipinski definition) is 3. The molecule has 7 rings (SSSR count). The van der Waals surface area contributed by atoms with Crippen LogP contribution in [0, 0.1) is 11.8 Å². The summed E-state index contributed by atoms with van der Waals surface area (Å²) >= 11 is 0. The molecule has 41 heavy (non-hydrogen) atoms. The average Bonchev–Trinajstić information content (AvgIpc) is 2.97. The molecule has 0 saturated carbocycles. The van der Waals surface area contributed by atoms with Gasteiger partial charge in [0.2, 0.25) is 0 Å². The Morgan fingerprint density at radius 1 is 0.585 bits per heavy atom. The van der Waals surface area contributed by atoms with Crippen LogP contribution in [0.2, 0.25) is 0 Å². The molecule has 0 spiro atoms. The van der Waals surface area contributed by atoms with Crippen molar-refractivity contribution in [2.45, 2.75) is 38.5 Å². The molecule has 3 nitrogen and oxygen atoms in total. The molecule has 0 radical (unpaired) electrons. The van der Waals surface area contributed by atoms with Crippen molar-refractivity contribution < 1.29 is 9.47 Å². The third kappa shape index (κ3) is 4.81. The first-order chi connectivity index (χ1) is 20.2. The van der Waals surface area contributed by atoms with Gasteiger partial charge in [0.05, 0.1) is 32.1 Å². The molecule has 5 aromatic carbocycles. The second-order valence-electron chi connectivity index (χ2n) is 11.8. The van der Waals surface area contributed by atoms with Crippen molar-refractivity contribution in [3.05, 3.63) is 114 Å². The quantitative estimate of drug-likeness (QED) is 0.173. The van der Waals surface area contributed by atoms with Crippen LogP contribution in [0.25, 0.3) is 21.5 Å². The Morgan fingerprint density at radius 2 is 1.00 bits per heavy atom. The molecule has 2 heterocycles. The normalized spacial score (nSPS) is 17.2. The first-order valence-electron chi connectivity index (χ1n) is 15.3. The molecule has 0 aromatic heterocycles. The van der Waals surface area contributed by atoms with E-state index in [9.17, 15) is 0 Å². The fourth-order valence-corrected chi connectivity index (χ4v) is 7.03. The Hall–Kier alpha value is -3.66. The fourth-order valence-electron chi connectivity index (χ4n) is 7.03. The van der Waals surface area contributed by atoms with Gasteiger partial charge in [-0.2, -0.15) is 0 Å². The third-order valence-corrected chi connectivity index (χ3v) is 9.47. The molecule has 0 aliphatic carbocycles. The molecular weight excluding hydrogens is 502 g/mol. The van der Waals surface area contributed by atoms with Crippen LogP contribution in [-0.4, -0.2) is 26.4 Å². The third-order valence-electron chi connectivity index (χ3n) is 9.47. The highest BCUT2D eigenvalue weighted by Gasteiger charge is 2.30. The topological polar surface area (TPSA) is 21.7 Å². The summed E-state index contributed by atoms with van der Waals surface area (Å²) in [6.07, 6.45) is 2.27. The van der Waals surface area contributed by atoms with Crippen molar-refractivity contribution >= 4 is 38.6 Å². The van der Waals surface area contributed by atoms with E-state index in [0.29, 0.717) is 23.7 Å². The molecule has 0 N–H and O–H groups in total. The van der Waals surface area contributed by atoms with Gasteiger partial charge in [-0.1, -0.05) is 86.6 Å². The van der Waals surface area contributed by atoms with Crippen molar-refractivity contribution in [2.75, 3.05) is 31.3 Å². The van der Waals surface area contributed by atoms with Crippen molar-refractivity contribution in [1.29, 1.82) is 0 Å². The molecule has 2 aliphatic heterocycles. The van der Waals surface area contributed by atoms with E-state index in [1.54, 1.807) is 0 Å². The summed E-state index contributed by atoms with van der Waals surface area (Å²) in [5.74, 6) is 2.35. The maximum absolute atomic E-state index is 5.54. The van der Waals surface area contributed by atoms with Crippen LogP contribution < -0.4 is 4.90 Å². The first kappa shape index (κ1) is 26.3. The summed E-state index contributed by atoms with van der Waals surface area (Å²) in [7, 11) is 0. The predicted molar refractivity (Wildman–Crippen MR) is 171 cm³/mol. The summed E-state index contributed by atoms with van der Waals surface area (Å²) in [6, 6.07) is 38.6. The lowest BCUT2D eigenvalue weighted by Crippen LogP contribution is -2.33. The minimum Gasteiger partial charge on any atom is -0.381 e. The molecule has 208 valence electrons. The van der Waals surface area contributed by atoms with E-state index in [0.717, 1.165) is 39.3 Å². The van der Waals surface area contributed by atoms with Gasteiger partial charge >= 0.3 is 0 Å². The molecule has 0 amide bonds. The second kappa shape index (κ2) is 11.3. The minimum absolute atomic E-state index is 0.547. The van der Waals surface area contributed by atoms with Crippen LogP contribution in [0.1, 0.15) is 49.7 Å². The predicted octanol–water partition coefficient (Wildman–Crippen LogP) is 9.74. The Bertz CT molecular complexity index is 1510. The number of hydrogen-bond donors (Lipinski definition) is 0. The molecule has 2 saturated heterocycles. The van der Waals surface area contributed by atoms with E-state index in [1.807, 2.05) is 0 Å². The van der Waals surface area contributed by atoms with Gasteiger partial charge in [-0.05, 0) is 76.9 Å². The van der Waals surface area contributed by atoms with Crippen LogP contribution in [0.15, 0.2) is 103 Å². The SMILES string of the molecule is CCC(c1ccc(N(c2ccc(C(CC)C3COC3)cc2)c2c3ccccc3cc3ccccc23)cc1)C1COC1. The van der Waals surface area contributed by atoms with E-state index in [1.165, 1.54) is 49.7 Å². The summed E-state index contributed by atoms with van der Waals surface area (Å²) in [5, 5.41) is 5.03. The summed E-state index contributed by atoms with van der Waals surface area (Å²) in [6.45, 7) is 8.12. The molecule has 2 fully saturated rings. The zero-order chi connectivity index (χ0) is 27.8. The number of rotatable bonds is 9. The zero-order valence-corrected chi connectivity index (χ0v) is 24.1. The summed E-state index contributed by atoms with van der Waals surface area (Å²) < 4.78 is 11.1. The molecule has 2 atom stereocenters. The van der Waals surface area contributed by atoms with E-state index >= 15 is 0 Å². The second-order valence-corrected chi connectivity index (χ2v) is 11.8. The Kier molecular flexibility index (Phi) is 7.24. The fraction of sp³-hybridized carbons (Fsp3) is 0.316. The average molecular weight is 542 g/mol. The number of fused-ring (bicyclic) bond motifs is 2. The van der Waals surface area contributed by atoms with Crippen LogP contribution in [0.3, 0.4) is 0 Å². The van der Waals surface area contributed by atoms with Crippen molar-refractivity contribution in [3.63, 3.8) is 0 Å². The molecule has 3 heteroatoms. The lowest BCUT2D eigenvalue weighted by Gasteiger charge is -2.34. The maximum Gasteiger partial charge on any atom is 0.0618 e. The smallest absolute Gasteiger partial charge is 0.0618 e. The van der Waals surface area contributed by atoms with Crippen LogP contribution >= 0.6 is 0 Å². The maximum atomic E-state index is 5.54. The lowest BCUT2D eigenvalue weighted by atomic mass is 9.82. The molecule has 2 unspecified atom stereocenters. The summed E-state index contributed by atoms with van der Waals surface area (Å²) in [5.41, 5.74) is 6.43. The molecule has 2 aliphatic rings. The van der Waals surface area contributed by atoms with E-state index in [4.69, 9.17) is 9.47 Å². The van der Waals surface area contributed by atoms with Gasteiger partial charge in [-0.15, -0.1) is 0 Å². The number of benzene rings is 5. The Labute approximate surface area is 243 Å². The van der Waals surface area contributed by atoms with Crippen LogP contribution in [0.5, 0.6) is 0 Å². The molecule has 5 aromatic rings. The van der Waals surface area contributed by atoms with Crippen molar-refractivity contribution in [1.82, 2.24) is 0 Å². The standard InChI is InChI=1S/C38H39NO2/c1-3-34(30-22-40-23-30)26-13-17-32(18-14-26)39(33-19-15-27(16-20-33)35(4-2)31-24-41-25-31)38-36-11-7-5-9-28(36)21-29-10-6-8-12-37(29)38/h5-21,30-31,34-35H,3-4,22-25H2,1-2H3. The number of nitrogens with zero attached hydrogens (tertiary/aromatic N) is 1. The molecule has 0 bridgehead atoms. The Morgan fingerprint density at radius 3 is 1.37 bits per heavy atom. The van der Waals surface area contributed by atoms with Gasteiger partial charge in [0.1, 0.15) is 0 Å². The summed E-state index contributed by atoms with van der Waals surface area (Å²) in [4.78, 5) is 2.47. The minimum atomic E-state index is 0.547. The highest BCUT2D eigenvalue weighted by atomic mass is 16.5. The lowest BCUT2D eigenvalue weighted by molar-refractivity contribution is -0.0456. The van der Waals surface area contributed by atoms with Gasteiger partial charge < -0.3 is 14.4 Å². The van der Waals surface area contributed by atoms with E-state index < -0.39 is 0 Å². The first-order valence-corrected chi connectivity index (χ1v) is 15.3. The Balaban J connectivity index is 1.38. The largest absolute Gasteiger partial charge is 0.381 e. The van der Waals surface area contributed by atoms with Crippen molar-refractivity contribution in [2.24, 2.45) is 11.8 Å². The highest BCUT2D eigenvalue weighted by Crippen LogP contribution is 2.45. The monoisotopic (exact) mass is 541 g/mol. The molecular formula is C38H39NO2. The highest BCUT2D eigenvalue weighted by molar-refractivity contribution is 6.14. The van der Waals surface area contributed by atoms with Crippen LogP contribution in [-0.2, 0) is 9.47 Å². The number of ether oxygens (including phenoxy) is 2. The van der Waals surface area contributed by atoms with E-state index in [2.05, 4.69) is 122 Å².